The van der Waals surface area contributed by atoms with Gasteiger partial charge in [-0.3, -0.25) is 0 Å². The summed E-state index contributed by atoms with van der Waals surface area (Å²) in [6.45, 7) is 3.43. The summed E-state index contributed by atoms with van der Waals surface area (Å²) in [6.07, 6.45) is 3.71. The maximum absolute atomic E-state index is 5.96. The molecule has 0 aromatic heterocycles. The first kappa shape index (κ1) is 13.8. The van der Waals surface area contributed by atoms with Crippen molar-refractivity contribution in [3.63, 3.8) is 0 Å². The van der Waals surface area contributed by atoms with Crippen molar-refractivity contribution < 1.29 is 9.47 Å². The molecule has 1 aromatic rings. The zero-order chi connectivity index (χ0) is 13.0. The van der Waals surface area contributed by atoms with Crippen LogP contribution in [0.5, 0.6) is 5.75 Å². The lowest BCUT2D eigenvalue weighted by Gasteiger charge is -2.23. The first-order chi connectivity index (χ1) is 8.66. The van der Waals surface area contributed by atoms with E-state index in [4.69, 9.17) is 15.2 Å². The smallest absolute Gasteiger partial charge is 0.124 e. The quantitative estimate of drug-likeness (QED) is 0.926. The van der Waals surface area contributed by atoms with E-state index >= 15 is 0 Å². The molecule has 0 saturated carbocycles. The van der Waals surface area contributed by atoms with Gasteiger partial charge < -0.3 is 15.2 Å². The van der Waals surface area contributed by atoms with Gasteiger partial charge in [-0.1, -0.05) is 15.9 Å². The van der Waals surface area contributed by atoms with E-state index in [-0.39, 0.29) is 12.1 Å². The standard InChI is InChI=1S/C14H20BrNO2/c1-10(16)13-8-11(15)5-6-14(13)18-9-12-4-2-3-7-17-12/h5-6,8,10,12H,2-4,7,9,16H2,1H3/t10-,12?/m1/s1. The Balaban J connectivity index is 1.99. The van der Waals surface area contributed by atoms with Crippen LogP contribution in [0.15, 0.2) is 22.7 Å². The van der Waals surface area contributed by atoms with Crippen LogP contribution in [-0.4, -0.2) is 19.3 Å². The average Bonchev–Trinajstić information content (AvgIpc) is 2.38. The van der Waals surface area contributed by atoms with Crippen molar-refractivity contribution in [2.24, 2.45) is 5.73 Å². The minimum Gasteiger partial charge on any atom is -0.491 e. The van der Waals surface area contributed by atoms with Crippen molar-refractivity contribution >= 4 is 15.9 Å². The molecule has 1 aliphatic rings. The van der Waals surface area contributed by atoms with E-state index in [1.807, 2.05) is 25.1 Å². The highest BCUT2D eigenvalue weighted by Gasteiger charge is 2.16. The van der Waals surface area contributed by atoms with Crippen molar-refractivity contribution in [1.29, 1.82) is 0 Å². The van der Waals surface area contributed by atoms with E-state index in [0.717, 1.165) is 28.8 Å². The van der Waals surface area contributed by atoms with Crippen LogP contribution in [0.25, 0.3) is 0 Å². The van der Waals surface area contributed by atoms with Gasteiger partial charge in [0.25, 0.3) is 0 Å². The summed E-state index contributed by atoms with van der Waals surface area (Å²) in [7, 11) is 0. The van der Waals surface area contributed by atoms with E-state index in [9.17, 15) is 0 Å². The van der Waals surface area contributed by atoms with Gasteiger partial charge in [0.2, 0.25) is 0 Å². The van der Waals surface area contributed by atoms with Crippen LogP contribution in [0, 0.1) is 0 Å². The molecule has 1 unspecified atom stereocenters. The predicted octanol–water partition coefficient (Wildman–Crippen LogP) is 3.42. The van der Waals surface area contributed by atoms with Crippen molar-refractivity contribution in [3.8, 4) is 5.75 Å². The first-order valence-corrected chi connectivity index (χ1v) is 7.25. The third kappa shape index (κ3) is 3.70. The number of nitrogens with two attached hydrogens (primary N) is 1. The van der Waals surface area contributed by atoms with Gasteiger partial charge in [-0.25, -0.2) is 0 Å². The Bertz CT molecular complexity index is 389. The van der Waals surface area contributed by atoms with Gasteiger partial charge in [-0.2, -0.15) is 0 Å². The second-order valence-corrected chi connectivity index (χ2v) is 5.69. The van der Waals surface area contributed by atoms with Gasteiger partial charge in [0.1, 0.15) is 12.4 Å². The van der Waals surface area contributed by atoms with E-state index in [1.165, 1.54) is 12.8 Å². The Morgan fingerprint density at radius 2 is 2.33 bits per heavy atom. The Kier molecular flexibility index (Phi) is 5.03. The molecule has 18 heavy (non-hydrogen) atoms. The third-order valence-corrected chi connectivity index (χ3v) is 3.65. The van der Waals surface area contributed by atoms with Crippen LogP contribution in [0.1, 0.15) is 37.8 Å². The topological polar surface area (TPSA) is 44.5 Å². The molecule has 0 bridgehead atoms. The minimum atomic E-state index is -0.0372. The maximum atomic E-state index is 5.96. The number of hydrogen-bond donors (Lipinski definition) is 1. The number of ether oxygens (including phenoxy) is 2. The minimum absolute atomic E-state index is 0.0372. The van der Waals surface area contributed by atoms with Crippen LogP contribution in [0.2, 0.25) is 0 Å². The van der Waals surface area contributed by atoms with E-state index in [2.05, 4.69) is 15.9 Å². The lowest BCUT2D eigenvalue weighted by atomic mass is 10.1. The van der Waals surface area contributed by atoms with Crippen molar-refractivity contribution in [1.82, 2.24) is 0 Å². The Hall–Kier alpha value is -0.580. The van der Waals surface area contributed by atoms with Crippen LogP contribution >= 0.6 is 15.9 Å². The number of rotatable bonds is 4. The molecular formula is C14H20BrNO2. The summed E-state index contributed by atoms with van der Waals surface area (Å²) in [6, 6.07) is 5.92. The Morgan fingerprint density at radius 3 is 3.00 bits per heavy atom. The fraction of sp³-hybridized carbons (Fsp3) is 0.571. The molecule has 1 heterocycles. The molecule has 4 heteroatoms. The second kappa shape index (κ2) is 6.55. The Morgan fingerprint density at radius 1 is 1.50 bits per heavy atom. The second-order valence-electron chi connectivity index (χ2n) is 4.77. The summed E-state index contributed by atoms with van der Waals surface area (Å²) in [5.74, 6) is 0.863. The summed E-state index contributed by atoms with van der Waals surface area (Å²) in [5, 5.41) is 0. The SMILES string of the molecule is C[C@@H](N)c1cc(Br)ccc1OCC1CCCCO1. The molecular weight excluding hydrogens is 294 g/mol. The van der Waals surface area contributed by atoms with Crippen LogP contribution < -0.4 is 10.5 Å². The molecule has 100 valence electrons. The van der Waals surface area contributed by atoms with E-state index in [0.29, 0.717) is 6.61 Å². The number of benzene rings is 1. The average molecular weight is 314 g/mol. The maximum Gasteiger partial charge on any atom is 0.124 e. The summed E-state index contributed by atoms with van der Waals surface area (Å²) >= 11 is 3.46. The molecule has 1 saturated heterocycles. The van der Waals surface area contributed by atoms with E-state index < -0.39 is 0 Å². The zero-order valence-electron chi connectivity index (χ0n) is 10.7. The normalized spacial score (nSPS) is 21.6. The van der Waals surface area contributed by atoms with Gasteiger partial charge in [0.15, 0.2) is 0 Å². The van der Waals surface area contributed by atoms with Gasteiger partial charge >= 0.3 is 0 Å². The molecule has 0 aliphatic carbocycles. The van der Waals surface area contributed by atoms with Gasteiger partial charge in [-0.15, -0.1) is 0 Å². The van der Waals surface area contributed by atoms with Crippen LogP contribution in [0.3, 0.4) is 0 Å². The summed E-state index contributed by atoms with van der Waals surface area (Å²) in [5.41, 5.74) is 6.99. The van der Waals surface area contributed by atoms with Crippen molar-refractivity contribution in [3.05, 3.63) is 28.2 Å². The molecule has 0 amide bonds. The number of halogens is 1. The highest BCUT2D eigenvalue weighted by molar-refractivity contribution is 9.10. The summed E-state index contributed by atoms with van der Waals surface area (Å²) in [4.78, 5) is 0. The molecule has 1 aliphatic heterocycles. The van der Waals surface area contributed by atoms with Crippen molar-refractivity contribution in [2.75, 3.05) is 13.2 Å². The molecule has 1 fully saturated rings. The monoisotopic (exact) mass is 313 g/mol. The molecule has 2 atom stereocenters. The summed E-state index contributed by atoms with van der Waals surface area (Å²) < 4.78 is 12.5. The predicted molar refractivity (Wildman–Crippen MR) is 75.8 cm³/mol. The Labute approximate surface area is 117 Å². The molecule has 3 nitrogen and oxygen atoms in total. The lowest BCUT2D eigenvalue weighted by Crippen LogP contribution is -2.26. The molecule has 1 aromatic carbocycles. The van der Waals surface area contributed by atoms with Crippen molar-refractivity contribution in [2.45, 2.75) is 38.3 Å². The van der Waals surface area contributed by atoms with Crippen LogP contribution in [0.4, 0.5) is 0 Å². The molecule has 2 rings (SSSR count). The fourth-order valence-corrected chi connectivity index (χ4v) is 2.51. The largest absolute Gasteiger partial charge is 0.491 e. The molecule has 0 spiro atoms. The highest BCUT2D eigenvalue weighted by Crippen LogP contribution is 2.28. The van der Waals surface area contributed by atoms with Gasteiger partial charge in [0, 0.05) is 22.7 Å². The zero-order valence-corrected chi connectivity index (χ0v) is 12.3. The highest BCUT2D eigenvalue weighted by atomic mass is 79.9. The fourth-order valence-electron chi connectivity index (χ4n) is 2.13. The third-order valence-electron chi connectivity index (χ3n) is 3.16. The molecule has 0 radical (unpaired) electrons. The molecule has 2 N–H and O–H groups in total. The van der Waals surface area contributed by atoms with E-state index in [1.54, 1.807) is 0 Å². The van der Waals surface area contributed by atoms with Crippen LogP contribution in [-0.2, 0) is 4.74 Å². The lowest BCUT2D eigenvalue weighted by molar-refractivity contribution is -0.0112. The van der Waals surface area contributed by atoms with Gasteiger partial charge in [0.05, 0.1) is 6.10 Å². The first-order valence-electron chi connectivity index (χ1n) is 6.46. The van der Waals surface area contributed by atoms with Gasteiger partial charge in [-0.05, 0) is 44.4 Å². The number of hydrogen-bond acceptors (Lipinski definition) is 3.